The molecule has 0 heterocycles. The Labute approximate surface area is 166 Å². The maximum atomic E-state index is 14.0. The van der Waals surface area contributed by atoms with Gasteiger partial charge in [0.2, 0.25) is 0 Å². The van der Waals surface area contributed by atoms with Gasteiger partial charge in [0.05, 0.1) is 13.7 Å². The number of ether oxygens (including phenoxy) is 2. The summed E-state index contributed by atoms with van der Waals surface area (Å²) in [6, 6.07) is 13.6. The van der Waals surface area contributed by atoms with Gasteiger partial charge in [-0.3, -0.25) is 10.1 Å². The van der Waals surface area contributed by atoms with Gasteiger partial charge in [-0.2, -0.15) is 13.2 Å². The summed E-state index contributed by atoms with van der Waals surface area (Å²) in [6.45, 7) is 0.756. The highest BCUT2D eigenvalue weighted by Crippen LogP contribution is 2.31. The molecule has 0 radical (unpaired) electrons. The predicted molar refractivity (Wildman–Crippen MR) is 99.2 cm³/mol. The summed E-state index contributed by atoms with van der Waals surface area (Å²) < 4.78 is 51.7. The van der Waals surface area contributed by atoms with Crippen LogP contribution in [-0.2, 0) is 16.1 Å². The van der Waals surface area contributed by atoms with Crippen molar-refractivity contribution in [3.05, 3.63) is 65.7 Å². The lowest BCUT2D eigenvalue weighted by Crippen LogP contribution is -2.72. The van der Waals surface area contributed by atoms with E-state index in [4.69, 9.17) is 4.74 Å². The average Bonchev–Trinajstić information content (AvgIpc) is 2.71. The third-order valence-electron chi connectivity index (χ3n) is 4.06. The Balaban J connectivity index is 2.37. The molecule has 0 bridgehead atoms. The SMILES string of the molecule is CCOC(=O)C(NCc1ccccc1)(NC(=O)c1ccc(OC)cc1)C(F)(F)F. The van der Waals surface area contributed by atoms with Crippen LogP contribution in [0.1, 0.15) is 22.8 Å². The van der Waals surface area contributed by atoms with Crippen LogP contribution in [0, 0.1) is 0 Å². The molecule has 0 aliphatic heterocycles. The van der Waals surface area contributed by atoms with Gasteiger partial charge in [-0.1, -0.05) is 30.3 Å². The highest BCUT2D eigenvalue weighted by molar-refractivity contribution is 5.98. The summed E-state index contributed by atoms with van der Waals surface area (Å²) in [5.41, 5.74) is -3.01. The normalized spacial score (nSPS) is 13.3. The van der Waals surface area contributed by atoms with E-state index in [1.54, 1.807) is 35.6 Å². The molecule has 1 amide bonds. The molecule has 156 valence electrons. The minimum atomic E-state index is -5.17. The monoisotopic (exact) mass is 410 g/mol. The summed E-state index contributed by atoms with van der Waals surface area (Å²) in [4.78, 5) is 24.9. The quantitative estimate of drug-likeness (QED) is 0.517. The zero-order chi connectivity index (χ0) is 21.5. The first-order chi connectivity index (χ1) is 13.7. The number of hydrogen-bond donors (Lipinski definition) is 2. The van der Waals surface area contributed by atoms with E-state index in [2.05, 4.69) is 10.1 Å². The van der Waals surface area contributed by atoms with Crippen molar-refractivity contribution in [3.8, 4) is 5.75 Å². The molecule has 29 heavy (non-hydrogen) atoms. The summed E-state index contributed by atoms with van der Waals surface area (Å²) in [5, 5.41) is 3.93. The van der Waals surface area contributed by atoms with Gasteiger partial charge in [-0.25, -0.2) is 4.79 Å². The number of hydrogen-bond acceptors (Lipinski definition) is 5. The lowest BCUT2D eigenvalue weighted by atomic mass is 10.1. The van der Waals surface area contributed by atoms with E-state index in [-0.39, 0.29) is 18.7 Å². The van der Waals surface area contributed by atoms with Crippen LogP contribution in [0.5, 0.6) is 5.75 Å². The number of alkyl halides is 3. The van der Waals surface area contributed by atoms with Crippen LogP contribution < -0.4 is 15.4 Å². The van der Waals surface area contributed by atoms with Crippen LogP contribution in [0.3, 0.4) is 0 Å². The molecule has 0 fully saturated rings. The maximum absolute atomic E-state index is 14.0. The van der Waals surface area contributed by atoms with Gasteiger partial charge in [0, 0.05) is 12.1 Å². The number of halogens is 3. The smallest absolute Gasteiger partial charge is 0.436 e. The third kappa shape index (κ3) is 5.26. The standard InChI is InChI=1S/C20H21F3N2O4/c1-3-29-18(27)19(20(21,22)23,24-13-14-7-5-4-6-8-14)25-17(26)15-9-11-16(28-2)12-10-15/h4-12,24H,3,13H2,1-2H3,(H,25,26). The van der Waals surface area contributed by atoms with Crippen molar-refractivity contribution < 1.29 is 32.2 Å². The number of rotatable bonds is 8. The number of esters is 1. The summed E-state index contributed by atoms with van der Waals surface area (Å²) in [6.07, 6.45) is -5.17. The Morgan fingerprint density at radius 3 is 2.14 bits per heavy atom. The van der Waals surface area contributed by atoms with Gasteiger partial charge in [0.25, 0.3) is 11.6 Å². The topological polar surface area (TPSA) is 76.7 Å². The van der Waals surface area contributed by atoms with Crippen LogP contribution in [0.2, 0.25) is 0 Å². The molecule has 1 unspecified atom stereocenters. The molecule has 6 nitrogen and oxygen atoms in total. The molecule has 0 aliphatic carbocycles. The summed E-state index contributed by atoms with van der Waals surface area (Å²) in [7, 11) is 1.41. The Morgan fingerprint density at radius 2 is 1.62 bits per heavy atom. The van der Waals surface area contributed by atoms with E-state index >= 15 is 0 Å². The van der Waals surface area contributed by atoms with Crippen molar-refractivity contribution in [1.82, 2.24) is 10.6 Å². The van der Waals surface area contributed by atoms with Gasteiger partial charge in [0.1, 0.15) is 5.75 Å². The first kappa shape index (κ1) is 22.2. The predicted octanol–water partition coefficient (Wildman–Crippen LogP) is 3.04. The minimum absolute atomic E-state index is 0.0785. The summed E-state index contributed by atoms with van der Waals surface area (Å²) in [5.74, 6) is -2.32. The van der Waals surface area contributed by atoms with Crippen molar-refractivity contribution in [2.24, 2.45) is 0 Å². The van der Waals surface area contributed by atoms with E-state index in [1.165, 1.54) is 38.3 Å². The second kappa shape index (κ2) is 9.42. The van der Waals surface area contributed by atoms with Gasteiger partial charge < -0.3 is 14.8 Å². The van der Waals surface area contributed by atoms with Crippen molar-refractivity contribution in [3.63, 3.8) is 0 Å². The van der Waals surface area contributed by atoms with Crippen LogP contribution in [0.25, 0.3) is 0 Å². The number of nitrogens with one attached hydrogen (secondary N) is 2. The molecule has 2 rings (SSSR count). The lowest BCUT2D eigenvalue weighted by molar-refractivity contribution is -0.219. The molecule has 0 saturated carbocycles. The molecule has 9 heteroatoms. The fourth-order valence-electron chi connectivity index (χ4n) is 2.51. The fraction of sp³-hybridized carbons (Fsp3) is 0.300. The van der Waals surface area contributed by atoms with Gasteiger partial charge in [-0.05, 0) is 36.8 Å². The van der Waals surface area contributed by atoms with Crippen molar-refractivity contribution in [1.29, 1.82) is 0 Å². The number of carbonyl (C=O) groups excluding carboxylic acids is 2. The van der Waals surface area contributed by atoms with Gasteiger partial charge in [0.15, 0.2) is 0 Å². The highest BCUT2D eigenvalue weighted by Gasteiger charge is 2.63. The zero-order valence-electron chi connectivity index (χ0n) is 15.9. The molecular weight excluding hydrogens is 389 g/mol. The minimum Gasteiger partial charge on any atom is -0.497 e. The number of amides is 1. The Kier molecular flexibility index (Phi) is 7.22. The van der Waals surface area contributed by atoms with E-state index in [0.717, 1.165) is 0 Å². The van der Waals surface area contributed by atoms with E-state index in [0.29, 0.717) is 11.3 Å². The molecule has 0 aliphatic rings. The molecule has 0 saturated heterocycles. The second-order valence-electron chi connectivity index (χ2n) is 5.99. The Bertz CT molecular complexity index is 826. The molecular formula is C20H21F3N2O4. The first-order valence-corrected chi connectivity index (χ1v) is 8.73. The first-order valence-electron chi connectivity index (χ1n) is 8.73. The number of carbonyl (C=O) groups is 2. The third-order valence-corrected chi connectivity index (χ3v) is 4.06. The fourth-order valence-corrected chi connectivity index (χ4v) is 2.51. The Hall–Kier alpha value is -3.07. The molecule has 1 atom stereocenters. The average molecular weight is 410 g/mol. The maximum Gasteiger partial charge on any atom is 0.436 e. The molecule has 2 N–H and O–H groups in total. The van der Waals surface area contributed by atoms with Crippen molar-refractivity contribution in [2.45, 2.75) is 25.3 Å². The Morgan fingerprint density at radius 1 is 1.00 bits per heavy atom. The summed E-state index contributed by atoms with van der Waals surface area (Å²) >= 11 is 0. The van der Waals surface area contributed by atoms with Crippen LogP contribution in [0.4, 0.5) is 13.2 Å². The lowest BCUT2D eigenvalue weighted by Gasteiger charge is -2.34. The molecule has 0 spiro atoms. The van der Waals surface area contributed by atoms with Crippen molar-refractivity contribution in [2.75, 3.05) is 13.7 Å². The second-order valence-corrected chi connectivity index (χ2v) is 5.99. The van der Waals surface area contributed by atoms with Crippen molar-refractivity contribution >= 4 is 11.9 Å². The zero-order valence-corrected chi connectivity index (χ0v) is 15.9. The number of benzene rings is 2. The van der Waals surface area contributed by atoms with Crippen LogP contribution in [0.15, 0.2) is 54.6 Å². The van der Waals surface area contributed by atoms with E-state index in [1.807, 2.05) is 0 Å². The van der Waals surface area contributed by atoms with E-state index < -0.39 is 23.7 Å². The van der Waals surface area contributed by atoms with Crippen LogP contribution >= 0.6 is 0 Å². The van der Waals surface area contributed by atoms with Gasteiger partial charge >= 0.3 is 12.1 Å². The number of methoxy groups -OCH3 is 1. The van der Waals surface area contributed by atoms with Crippen LogP contribution in [-0.4, -0.2) is 37.4 Å². The largest absolute Gasteiger partial charge is 0.497 e. The van der Waals surface area contributed by atoms with E-state index in [9.17, 15) is 22.8 Å². The highest BCUT2D eigenvalue weighted by atomic mass is 19.4. The molecule has 2 aromatic rings. The molecule has 2 aromatic carbocycles. The van der Waals surface area contributed by atoms with Gasteiger partial charge in [-0.15, -0.1) is 0 Å². The molecule has 0 aromatic heterocycles.